The van der Waals surface area contributed by atoms with Crippen LogP contribution in [0.3, 0.4) is 0 Å². The predicted octanol–water partition coefficient (Wildman–Crippen LogP) is 2.69. The molecule has 98 valence electrons. The van der Waals surface area contributed by atoms with Crippen LogP contribution in [0.2, 0.25) is 0 Å². The lowest BCUT2D eigenvalue weighted by Crippen LogP contribution is -2.15. The molecular weight excluding hydrogens is 236 g/mol. The Hall–Kier alpha value is -1.97. The summed E-state index contributed by atoms with van der Waals surface area (Å²) < 4.78 is 0. The van der Waals surface area contributed by atoms with Gasteiger partial charge in [-0.1, -0.05) is 6.07 Å². The largest absolute Gasteiger partial charge is 0.357 e. The Balaban J connectivity index is 2.06. The Kier molecular flexibility index (Phi) is 3.15. The minimum Gasteiger partial charge on any atom is -0.357 e. The first kappa shape index (κ1) is 12.1. The molecule has 1 N–H and O–H groups in total. The van der Waals surface area contributed by atoms with E-state index in [-0.39, 0.29) is 0 Å². The molecule has 0 aliphatic heterocycles. The van der Waals surface area contributed by atoms with Crippen molar-refractivity contribution in [2.24, 2.45) is 0 Å². The molecule has 4 heteroatoms. The Morgan fingerprint density at radius 1 is 1.32 bits per heavy atom. The Labute approximate surface area is 113 Å². The number of nitrogens with zero attached hydrogens (tertiary/aromatic N) is 3. The summed E-state index contributed by atoms with van der Waals surface area (Å²) in [5.74, 6) is 0.997. The highest BCUT2D eigenvalue weighted by molar-refractivity contribution is 5.36. The van der Waals surface area contributed by atoms with Crippen molar-refractivity contribution in [1.82, 2.24) is 15.0 Å². The van der Waals surface area contributed by atoms with Crippen molar-refractivity contribution in [2.45, 2.75) is 32.1 Å². The monoisotopic (exact) mass is 254 g/mol. The van der Waals surface area contributed by atoms with Crippen LogP contribution in [0.15, 0.2) is 24.4 Å². The van der Waals surface area contributed by atoms with Gasteiger partial charge in [0.1, 0.15) is 0 Å². The second-order valence-corrected chi connectivity index (χ2v) is 5.00. The van der Waals surface area contributed by atoms with Crippen LogP contribution in [0.25, 0.3) is 0 Å². The summed E-state index contributed by atoms with van der Waals surface area (Å²) in [5, 5.41) is 3.03. The highest BCUT2D eigenvalue weighted by Crippen LogP contribution is 2.34. The smallest absolute Gasteiger partial charge is 0.222 e. The Morgan fingerprint density at radius 3 is 3.05 bits per heavy atom. The van der Waals surface area contributed by atoms with E-state index in [4.69, 9.17) is 0 Å². The van der Waals surface area contributed by atoms with E-state index >= 15 is 0 Å². The Morgan fingerprint density at radius 2 is 2.21 bits per heavy atom. The third kappa shape index (κ3) is 2.30. The topological polar surface area (TPSA) is 50.7 Å². The predicted molar refractivity (Wildman–Crippen MR) is 75.3 cm³/mol. The molecule has 0 spiro atoms. The second kappa shape index (κ2) is 4.96. The molecule has 0 fully saturated rings. The van der Waals surface area contributed by atoms with Crippen molar-refractivity contribution >= 4 is 5.95 Å². The van der Waals surface area contributed by atoms with E-state index in [2.05, 4.69) is 32.4 Å². The lowest BCUT2D eigenvalue weighted by molar-refractivity contribution is 0.586. The van der Waals surface area contributed by atoms with Crippen LogP contribution < -0.4 is 5.32 Å². The van der Waals surface area contributed by atoms with Crippen LogP contribution in [0.5, 0.6) is 0 Å². The fourth-order valence-corrected chi connectivity index (χ4v) is 2.78. The summed E-state index contributed by atoms with van der Waals surface area (Å²) in [6, 6.07) is 6.28. The van der Waals surface area contributed by atoms with Crippen molar-refractivity contribution in [3.05, 3.63) is 47.0 Å². The van der Waals surface area contributed by atoms with Crippen LogP contribution in [0.1, 0.15) is 41.4 Å². The van der Waals surface area contributed by atoms with Gasteiger partial charge in [0.25, 0.3) is 0 Å². The SMILES string of the molecule is CNc1nc(C)cc(C2CCCc3cccnc32)n1. The summed E-state index contributed by atoms with van der Waals surface area (Å²) in [5.41, 5.74) is 4.63. The van der Waals surface area contributed by atoms with Crippen LogP contribution in [0, 0.1) is 6.92 Å². The van der Waals surface area contributed by atoms with Gasteiger partial charge < -0.3 is 5.32 Å². The van der Waals surface area contributed by atoms with E-state index in [9.17, 15) is 0 Å². The maximum absolute atomic E-state index is 4.61. The van der Waals surface area contributed by atoms with Crippen LogP contribution in [-0.4, -0.2) is 22.0 Å². The molecule has 0 radical (unpaired) electrons. The van der Waals surface area contributed by atoms with Gasteiger partial charge in [0.2, 0.25) is 5.95 Å². The summed E-state index contributed by atoms with van der Waals surface area (Å²) >= 11 is 0. The van der Waals surface area contributed by atoms with Crippen molar-refractivity contribution in [1.29, 1.82) is 0 Å². The molecule has 4 nitrogen and oxygen atoms in total. The fraction of sp³-hybridized carbons (Fsp3) is 0.400. The van der Waals surface area contributed by atoms with Gasteiger partial charge in [0.05, 0.1) is 11.4 Å². The zero-order valence-corrected chi connectivity index (χ0v) is 11.3. The number of hydrogen-bond acceptors (Lipinski definition) is 4. The third-order valence-electron chi connectivity index (χ3n) is 3.65. The van der Waals surface area contributed by atoms with Crippen LogP contribution in [0.4, 0.5) is 5.95 Å². The number of aromatic nitrogens is 3. The van der Waals surface area contributed by atoms with E-state index in [1.165, 1.54) is 17.7 Å². The highest BCUT2D eigenvalue weighted by Gasteiger charge is 2.24. The van der Waals surface area contributed by atoms with Crippen molar-refractivity contribution in [2.75, 3.05) is 12.4 Å². The number of hydrogen-bond donors (Lipinski definition) is 1. The number of pyridine rings is 1. The maximum Gasteiger partial charge on any atom is 0.222 e. The molecule has 3 rings (SSSR count). The highest BCUT2D eigenvalue weighted by atomic mass is 15.1. The van der Waals surface area contributed by atoms with Gasteiger partial charge in [-0.2, -0.15) is 0 Å². The molecule has 0 bridgehead atoms. The Bertz CT molecular complexity index is 594. The third-order valence-corrected chi connectivity index (χ3v) is 3.65. The summed E-state index contributed by atoms with van der Waals surface area (Å²) in [6.45, 7) is 2.01. The molecule has 19 heavy (non-hydrogen) atoms. The maximum atomic E-state index is 4.61. The molecule has 1 atom stereocenters. The molecule has 0 amide bonds. The molecule has 1 unspecified atom stereocenters. The lowest BCUT2D eigenvalue weighted by Gasteiger charge is -2.24. The minimum absolute atomic E-state index is 0.304. The average Bonchev–Trinajstić information content (AvgIpc) is 2.46. The number of anilines is 1. The van der Waals surface area contributed by atoms with Crippen LogP contribution >= 0.6 is 0 Å². The van der Waals surface area contributed by atoms with Gasteiger partial charge in [-0.15, -0.1) is 0 Å². The minimum atomic E-state index is 0.304. The van der Waals surface area contributed by atoms with Gasteiger partial charge in [-0.3, -0.25) is 4.98 Å². The van der Waals surface area contributed by atoms with Gasteiger partial charge in [0, 0.05) is 24.9 Å². The number of fused-ring (bicyclic) bond motifs is 1. The molecule has 2 heterocycles. The van der Waals surface area contributed by atoms with Crippen LogP contribution in [-0.2, 0) is 6.42 Å². The van der Waals surface area contributed by atoms with Gasteiger partial charge in [-0.25, -0.2) is 9.97 Å². The molecule has 1 aliphatic carbocycles. The normalized spacial score (nSPS) is 17.9. The zero-order chi connectivity index (χ0) is 13.2. The molecule has 2 aromatic heterocycles. The quantitative estimate of drug-likeness (QED) is 0.895. The molecule has 1 aliphatic rings. The lowest BCUT2D eigenvalue weighted by atomic mass is 9.84. The van der Waals surface area contributed by atoms with E-state index in [1.807, 2.05) is 26.2 Å². The van der Waals surface area contributed by atoms with Gasteiger partial charge in [0.15, 0.2) is 0 Å². The first-order chi connectivity index (χ1) is 9.28. The number of rotatable bonds is 2. The summed E-state index contributed by atoms with van der Waals surface area (Å²) in [7, 11) is 1.85. The zero-order valence-electron chi connectivity index (χ0n) is 11.3. The first-order valence-electron chi connectivity index (χ1n) is 6.75. The second-order valence-electron chi connectivity index (χ2n) is 5.00. The number of nitrogens with one attached hydrogen (secondary N) is 1. The first-order valence-corrected chi connectivity index (χ1v) is 6.75. The van der Waals surface area contributed by atoms with Crippen molar-refractivity contribution in [3.63, 3.8) is 0 Å². The van der Waals surface area contributed by atoms with Crippen molar-refractivity contribution < 1.29 is 0 Å². The van der Waals surface area contributed by atoms with E-state index in [1.54, 1.807) is 0 Å². The molecule has 2 aromatic rings. The number of aryl methyl sites for hydroxylation is 2. The van der Waals surface area contributed by atoms with E-state index < -0.39 is 0 Å². The average molecular weight is 254 g/mol. The molecule has 0 aromatic carbocycles. The van der Waals surface area contributed by atoms with Gasteiger partial charge in [-0.05, 0) is 43.9 Å². The standard InChI is InChI=1S/C15H18N4/c1-10-9-13(19-15(16-2)18-10)12-7-3-5-11-6-4-8-17-14(11)12/h4,6,8-9,12H,3,5,7H2,1-2H3,(H,16,18,19). The fourth-order valence-electron chi connectivity index (χ4n) is 2.78. The van der Waals surface area contributed by atoms with Gasteiger partial charge >= 0.3 is 0 Å². The molecular formula is C15H18N4. The van der Waals surface area contributed by atoms with Crippen molar-refractivity contribution in [3.8, 4) is 0 Å². The molecule has 0 saturated heterocycles. The summed E-state index contributed by atoms with van der Waals surface area (Å²) in [4.78, 5) is 13.6. The van der Waals surface area contributed by atoms with E-state index in [0.717, 1.165) is 24.2 Å². The summed E-state index contributed by atoms with van der Waals surface area (Å²) in [6.07, 6.45) is 5.32. The van der Waals surface area contributed by atoms with E-state index in [0.29, 0.717) is 11.9 Å². The molecule has 0 saturated carbocycles.